The minimum Gasteiger partial charge on any atom is -0.448 e. The third-order valence-electron chi connectivity index (χ3n) is 6.98. The predicted molar refractivity (Wildman–Crippen MR) is 153 cm³/mol. The first-order valence-corrected chi connectivity index (χ1v) is 14.4. The number of hydroxylamine groups is 2. The molecule has 0 atom stereocenters. The number of benzene rings is 2. The highest BCUT2D eigenvalue weighted by Gasteiger charge is 2.33. The second-order valence-corrected chi connectivity index (χ2v) is 9.97. The van der Waals surface area contributed by atoms with Crippen molar-refractivity contribution in [2.24, 2.45) is 0 Å². The molecule has 0 unspecified atom stereocenters. The Labute approximate surface area is 250 Å². The first-order chi connectivity index (χ1) is 21.0. The van der Waals surface area contributed by atoms with E-state index in [0.29, 0.717) is 51.2 Å². The van der Waals surface area contributed by atoms with Crippen molar-refractivity contribution in [2.75, 3.05) is 73.1 Å². The van der Waals surface area contributed by atoms with Crippen LogP contribution in [-0.2, 0) is 42.9 Å². The number of nitrogens with zero attached hydrogens (tertiary/aromatic N) is 2. The van der Waals surface area contributed by atoms with Crippen LogP contribution >= 0.6 is 0 Å². The molecule has 43 heavy (non-hydrogen) atoms. The zero-order valence-electron chi connectivity index (χ0n) is 24.4. The van der Waals surface area contributed by atoms with E-state index in [1.165, 1.54) is 27.2 Å². The van der Waals surface area contributed by atoms with Crippen LogP contribution < -0.4 is 0 Å². The molecule has 2 aromatic rings. The maximum Gasteiger partial charge on any atom is 0.409 e. The van der Waals surface area contributed by atoms with Crippen molar-refractivity contribution in [3.05, 3.63) is 59.7 Å². The molecule has 12 heteroatoms. The fourth-order valence-electron chi connectivity index (χ4n) is 4.72. The molecule has 2 aliphatic rings. The van der Waals surface area contributed by atoms with Crippen molar-refractivity contribution >= 4 is 23.9 Å². The van der Waals surface area contributed by atoms with Gasteiger partial charge in [-0.2, -0.15) is 0 Å². The molecule has 0 N–H and O–H groups in total. The highest BCUT2D eigenvalue weighted by atomic mass is 16.7. The largest absolute Gasteiger partial charge is 0.448 e. The average molecular weight is 599 g/mol. The molecule has 0 saturated carbocycles. The van der Waals surface area contributed by atoms with Gasteiger partial charge in [0.15, 0.2) is 0 Å². The lowest BCUT2D eigenvalue weighted by atomic mass is 9.98. The number of imide groups is 1. The standard InChI is InChI=1S/C31H38N2O10/c1-32(31(37)42-22-27-25-8-4-2-6-23(25)24-7-3-5-9-26(24)27)13-15-39-17-19-41-21-20-40-18-16-38-14-12-30(36)43-33-28(34)10-11-29(33)35/h2-9,27H,10-22H2,1H3. The Morgan fingerprint density at radius 3 is 1.79 bits per heavy atom. The number of likely N-dealkylation sites (N-methyl/N-ethyl adjacent to an activating group) is 1. The summed E-state index contributed by atoms with van der Waals surface area (Å²) < 4.78 is 27.4. The lowest BCUT2D eigenvalue weighted by Crippen LogP contribution is -2.32. The van der Waals surface area contributed by atoms with Crippen LogP contribution in [0.5, 0.6) is 0 Å². The number of fused-ring (bicyclic) bond motifs is 3. The predicted octanol–water partition coefficient (Wildman–Crippen LogP) is 2.93. The van der Waals surface area contributed by atoms with Gasteiger partial charge in [0.1, 0.15) is 6.61 Å². The van der Waals surface area contributed by atoms with Crippen LogP contribution in [0.1, 0.15) is 36.3 Å². The SMILES string of the molecule is CN(CCOCCOCCOCCOCCC(=O)ON1C(=O)CCC1=O)C(=O)OCC1c2ccccc2-c2ccccc21. The summed E-state index contributed by atoms with van der Waals surface area (Å²) in [5, 5.41) is 0.516. The van der Waals surface area contributed by atoms with Gasteiger partial charge in [0.2, 0.25) is 0 Å². The van der Waals surface area contributed by atoms with Gasteiger partial charge in [0, 0.05) is 32.4 Å². The summed E-state index contributed by atoms with van der Waals surface area (Å²) in [4.78, 5) is 53.3. The van der Waals surface area contributed by atoms with Crippen molar-refractivity contribution < 1.29 is 47.7 Å². The number of ether oxygens (including phenoxy) is 5. The van der Waals surface area contributed by atoms with E-state index in [0.717, 1.165) is 0 Å². The fourth-order valence-corrected chi connectivity index (χ4v) is 4.72. The Kier molecular flexibility index (Phi) is 12.5. The van der Waals surface area contributed by atoms with E-state index in [9.17, 15) is 19.2 Å². The van der Waals surface area contributed by atoms with Crippen LogP contribution in [0.2, 0.25) is 0 Å². The summed E-state index contributed by atoms with van der Waals surface area (Å²) in [6.07, 6.45) is -0.361. The van der Waals surface area contributed by atoms with E-state index in [-0.39, 0.29) is 45.0 Å². The van der Waals surface area contributed by atoms with Crippen molar-refractivity contribution in [3.63, 3.8) is 0 Å². The molecule has 2 aromatic carbocycles. The van der Waals surface area contributed by atoms with E-state index < -0.39 is 23.9 Å². The Bertz CT molecular complexity index is 1190. The number of rotatable bonds is 18. The number of carbonyl (C=O) groups is 4. The van der Waals surface area contributed by atoms with E-state index in [2.05, 4.69) is 24.3 Å². The van der Waals surface area contributed by atoms with E-state index in [4.69, 9.17) is 28.5 Å². The summed E-state index contributed by atoms with van der Waals surface area (Å²) in [5.41, 5.74) is 4.73. The van der Waals surface area contributed by atoms with Crippen molar-refractivity contribution in [1.29, 1.82) is 0 Å². The molecule has 0 aromatic heterocycles. The normalized spacial score (nSPS) is 14.1. The molecule has 0 bridgehead atoms. The van der Waals surface area contributed by atoms with Gasteiger partial charge in [0.05, 0.1) is 59.3 Å². The first kappa shape index (κ1) is 32.1. The van der Waals surface area contributed by atoms with Crippen LogP contribution in [0.25, 0.3) is 11.1 Å². The summed E-state index contributed by atoms with van der Waals surface area (Å²) in [6, 6.07) is 16.4. The van der Waals surface area contributed by atoms with Gasteiger partial charge < -0.3 is 33.4 Å². The third kappa shape index (κ3) is 9.32. The molecule has 3 amide bonds. The maximum atomic E-state index is 12.5. The Morgan fingerprint density at radius 2 is 1.23 bits per heavy atom. The smallest absolute Gasteiger partial charge is 0.409 e. The summed E-state index contributed by atoms with van der Waals surface area (Å²) in [7, 11) is 1.68. The molecule has 1 aliphatic heterocycles. The Morgan fingerprint density at radius 1 is 0.744 bits per heavy atom. The molecule has 1 aliphatic carbocycles. The number of hydrogen-bond donors (Lipinski definition) is 0. The van der Waals surface area contributed by atoms with Gasteiger partial charge in [0.25, 0.3) is 11.8 Å². The molecule has 0 radical (unpaired) electrons. The summed E-state index contributed by atoms with van der Waals surface area (Å²) >= 11 is 0. The topological polar surface area (TPSA) is 130 Å². The van der Waals surface area contributed by atoms with Crippen molar-refractivity contribution in [3.8, 4) is 11.1 Å². The van der Waals surface area contributed by atoms with Crippen LogP contribution in [0, 0.1) is 0 Å². The molecule has 0 spiro atoms. The Hall–Kier alpha value is -3.84. The average Bonchev–Trinajstić information content (AvgIpc) is 3.51. The number of carbonyl (C=O) groups excluding carboxylic acids is 4. The monoisotopic (exact) mass is 598 g/mol. The quantitative estimate of drug-likeness (QED) is 0.187. The highest BCUT2D eigenvalue weighted by molar-refractivity contribution is 6.01. The van der Waals surface area contributed by atoms with Crippen LogP contribution in [-0.4, -0.2) is 107 Å². The van der Waals surface area contributed by atoms with E-state index in [1.807, 2.05) is 24.3 Å². The second kappa shape index (κ2) is 16.7. The van der Waals surface area contributed by atoms with Gasteiger partial charge in [-0.1, -0.05) is 48.5 Å². The third-order valence-corrected chi connectivity index (χ3v) is 6.98. The molecule has 1 fully saturated rings. The maximum absolute atomic E-state index is 12.5. The summed E-state index contributed by atoms with van der Waals surface area (Å²) in [6.45, 7) is 3.23. The van der Waals surface area contributed by atoms with Gasteiger partial charge in [-0.15, -0.1) is 5.06 Å². The van der Waals surface area contributed by atoms with Crippen molar-refractivity contribution in [2.45, 2.75) is 25.2 Å². The van der Waals surface area contributed by atoms with Gasteiger partial charge >= 0.3 is 12.1 Å². The zero-order valence-corrected chi connectivity index (χ0v) is 24.4. The molecule has 1 heterocycles. The minimum absolute atomic E-state index is 0.0213. The van der Waals surface area contributed by atoms with E-state index >= 15 is 0 Å². The van der Waals surface area contributed by atoms with Crippen LogP contribution in [0.15, 0.2) is 48.5 Å². The molecular weight excluding hydrogens is 560 g/mol. The lowest BCUT2D eigenvalue weighted by molar-refractivity contribution is -0.198. The molecular formula is C31H38N2O10. The number of hydrogen-bond acceptors (Lipinski definition) is 10. The highest BCUT2D eigenvalue weighted by Crippen LogP contribution is 2.44. The number of amides is 3. The van der Waals surface area contributed by atoms with Crippen LogP contribution in [0.4, 0.5) is 4.79 Å². The lowest BCUT2D eigenvalue weighted by Gasteiger charge is -2.19. The minimum atomic E-state index is -0.705. The first-order valence-electron chi connectivity index (χ1n) is 14.4. The van der Waals surface area contributed by atoms with Gasteiger partial charge in [-0.3, -0.25) is 9.59 Å². The van der Waals surface area contributed by atoms with Crippen LogP contribution in [0.3, 0.4) is 0 Å². The second-order valence-electron chi connectivity index (χ2n) is 9.97. The molecule has 12 nitrogen and oxygen atoms in total. The molecule has 4 rings (SSSR count). The zero-order chi connectivity index (χ0) is 30.4. The van der Waals surface area contributed by atoms with Crippen molar-refractivity contribution in [1.82, 2.24) is 9.96 Å². The van der Waals surface area contributed by atoms with E-state index in [1.54, 1.807) is 7.05 Å². The van der Waals surface area contributed by atoms with Gasteiger partial charge in [-0.05, 0) is 22.3 Å². The Balaban J connectivity index is 0.951. The summed E-state index contributed by atoms with van der Waals surface area (Å²) in [5.74, 6) is -1.71. The molecule has 232 valence electrons. The molecule has 1 saturated heterocycles. The fraction of sp³-hybridized carbons (Fsp3) is 0.484. The van der Waals surface area contributed by atoms with Gasteiger partial charge in [-0.25, -0.2) is 9.59 Å².